The number of hydrogen-bond acceptors (Lipinski definition) is 4. The molecule has 1 aliphatic rings. The quantitative estimate of drug-likeness (QED) is 0.785. The highest BCUT2D eigenvalue weighted by Gasteiger charge is 2.11. The lowest BCUT2D eigenvalue weighted by Crippen LogP contribution is -2.29. The van der Waals surface area contributed by atoms with Crippen LogP contribution in [0.2, 0.25) is 0 Å². The van der Waals surface area contributed by atoms with Gasteiger partial charge in [0.1, 0.15) is 5.76 Å². The smallest absolute Gasteiger partial charge is 0.133 e. The molecule has 0 aromatic carbocycles. The fraction of sp³-hybridized carbons (Fsp3) is 0.727. The van der Waals surface area contributed by atoms with Crippen LogP contribution in [0.5, 0.6) is 0 Å². The van der Waals surface area contributed by atoms with E-state index in [0.717, 1.165) is 31.1 Å². The van der Waals surface area contributed by atoms with Crippen molar-refractivity contribution in [3.63, 3.8) is 0 Å². The van der Waals surface area contributed by atoms with Crippen molar-refractivity contribution in [3.05, 3.63) is 17.5 Å². The van der Waals surface area contributed by atoms with E-state index in [1.165, 1.54) is 19.3 Å². The molecule has 1 aromatic rings. The Morgan fingerprint density at radius 2 is 2.47 bits per heavy atom. The summed E-state index contributed by atoms with van der Waals surface area (Å²) in [4.78, 5) is 0. The summed E-state index contributed by atoms with van der Waals surface area (Å²) < 4.78 is 5.03. The first kappa shape index (κ1) is 10.6. The molecule has 0 spiro atoms. The van der Waals surface area contributed by atoms with Gasteiger partial charge >= 0.3 is 0 Å². The predicted molar refractivity (Wildman–Crippen MR) is 58.6 cm³/mol. The van der Waals surface area contributed by atoms with Gasteiger partial charge in [-0.15, -0.1) is 0 Å². The Kier molecular flexibility index (Phi) is 3.75. The molecule has 0 saturated carbocycles. The van der Waals surface area contributed by atoms with E-state index in [9.17, 15) is 0 Å². The van der Waals surface area contributed by atoms with E-state index in [0.29, 0.717) is 6.04 Å². The van der Waals surface area contributed by atoms with Crippen LogP contribution in [-0.4, -0.2) is 24.3 Å². The van der Waals surface area contributed by atoms with Crippen LogP contribution in [0, 0.1) is 6.92 Å². The number of nitrogens with one attached hydrogen (secondary N) is 2. The summed E-state index contributed by atoms with van der Waals surface area (Å²) >= 11 is 0. The van der Waals surface area contributed by atoms with Crippen LogP contribution in [0.15, 0.2) is 10.6 Å². The van der Waals surface area contributed by atoms with Crippen molar-refractivity contribution in [3.8, 4) is 0 Å². The second kappa shape index (κ2) is 5.28. The summed E-state index contributed by atoms with van der Waals surface area (Å²) in [6.07, 6.45) is 3.72. The fourth-order valence-corrected chi connectivity index (χ4v) is 1.97. The lowest BCUT2D eigenvalue weighted by molar-refractivity contribution is 0.382. The van der Waals surface area contributed by atoms with Gasteiger partial charge in [-0.25, -0.2) is 0 Å². The maximum atomic E-state index is 5.03. The van der Waals surface area contributed by atoms with E-state index < -0.39 is 0 Å². The number of nitrogens with zero attached hydrogens (tertiary/aromatic N) is 1. The average molecular weight is 209 g/mol. The predicted octanol–water partition coefficient (Wildman–Crippen LogP) is 1.21. The lowest BCUT2D eigenvalue weighted by Gasteiger charge is -2.14. The highest BCUT2D eigenvalue weighted by molar-refractivity contribution is 5.03. The Balaban J connectivity index is 1.76. The summed E-state index contributed by atoms with van der Waals surface area (Å²) in [5.41, 5.74) is 1.00. The lowest BCUT2D eigenvalue weighted by atomic mass is 10.1. The number of aromatic nitrogens is 1. The van der Waals surface area contributed by atoms with Crippen LogP contribution in [0.3, 0.4) is 0 Å². The first-order valence-electron chi connectivity index (χ1n) is 5.71. The molecule has 1 saturated heterocycles. The van der Waals surface area contributed by atoms with Crippen molar-refractivity contribution in [2.24, 2.45) is 0 Å². The average Bonchev–Trinajstić information content (AvgIpc) is 2.52. The molecule has 2 rings (SSSR count). The van der Waals surface area contributed by atoms with Crippen molar-refractivity contribution in [1.29, 1.82) is 0 Å². The molecule has 0 radical (unpaired) electrons. The molecule has 4 nitrogen and oxygen atoms in total. The zero-order chi connectivity index (χ0) is 10.5. The van der Waals surface area contributed by atoms with Gasteiger partial charge in [-0.05, 0) is 39.3 Å². The summed E-state index contributed by atoms with van der Waals surface area (Å²) in [6.45, 7) is 5.02. The maximum Gasteiger partial charge on any atom is 0.133 e. The zero-order valence-electron chi connectivity index (χ0n) is 9.25. The highest BCUT2D eigenvalue weighted by Crippen LogP contribution is 2.07. The molecule has 1 aliphatic heterocycles. The van der Waals surface area contributed by atoms with Gasteiger partial charge in [-0.1, -0.05) is 5.16 Å². The van der Waals surface area contributed by atoms with Gasteiger partial charge in [0, 0.05) is 18.7 Å². The van der Waals surface area contributed by atoms with E-state index in [4.69, 9.17) is 4.52 Å². The van der Waals surface area contributed by atoms with Gasteiger partial charge in [0.25, 0.3) is 0 Å². The topological polar surface area (TPSA) is 50.1 Å². The molecule has 84 valence electrons. The molecular weight excluding hydrogens is 190 g/mol. The van der Waals surface area contributed by atoms with E-state index in [1.54, 1.807) is 0 Å². The second-order valence-electron chi connectivity index (χ2n) is 4.19. The Hall–Kier alpha value is -0.870. The van der Waals surface area contributed by atoms with E-state index in [-0.39, 0.29) is 0 Å². The van der Waals surface area contributed by atoms with Crippen LogP contribution in [-0.2, 0) is 6.54 Å². The van der Waals surface area contributed by atoms with Crippen LogP contribution in [0.25, 0.3) is 0 Å². The molecule has 2 heterocycles. The summed E-state index contributed by atoms with van der Waals surface area (Å²) in [5, 5.41) is 10.9. The number of aryl methyl sites for hydroxylation is 1. The van der Waals surface area contributed by atoms with Crippen molar-refractivity contribution >= 4 is 0 Å². The van der Waals surface area contributed by atoms with Gasteiger partial charge in [0.15, 0.2) is 0 Å². The molecule has 1 atom stereocenters. The summed E-state index contributed by atoms with van der Waals surface area (Å²) in [6, 6.07) is 2.61. The van der Waals surface area contributed by atoms with Gasteiger partial charge in [0.2, 0.25) is 0 Å². The summed E-state index contributed by atoms with van der Waals surface area (Å²) in [5.74, 6) is 0.884. The standard InChI is InChI=1S/C11H19N3O/c1-9-7-11(14-15-9)8-13-10-3-2-5-12-6-4-10/h7,10,12-13H,2-6,8H2,1H3. The van der Waals surface area contributed by atoms with Crippen LogP contribution in [0.1, 0.15) is 30.7 Å². The number of rotatable bonds is 3. The third kappa shape index (κ3) is 3.32. The fourth-order valence-electron chi connectivity index (χ4n) is 1.97. The van der Waals surface area contributed by atoms with E-state index in [2.05, 4.69) is 15.8 Å². The van der Waals surface area contributed by atoms with E-state index in [1.807, 2.05) is 13.0 Å². The largest absolute Gasteiger partial charge is 0.361 e. The minimum Gasteiger partial charge on any atom is -0.361 e. The van der Waals surface area contributed by atoms with Crippen LogP contribution >= 0.6 is 0 Å². The second-order valence-corrected chi connectivity index (χ2v) is 4.19. The summed E-state index contributed by atoms with van der Waals surface area (Å²) in [7, 11) is 0. The zero-order valence-corrected chi connectivity index (χ0v) is 9.25. The highest BCUT2D eigenvalue weighted by atomic mass is 16.5. The van der Waals surface area contributed by atoms with Crippen molar-refractivity contribution in [2.75, 3.05) is 13.1 Å². The molecule has 0 bridgehead atoms. The molecule has 1 aromatic heterocycles. The van der Waals surface area contributed by atoms with Gasteiger partial charge < -0.3 is 15.2 Å². The van der Waals surface area contributed by atoms with E-state index >= 15 is 0 Å². The molecule has 0 aliphatic carbocycles. The molecule has 2 N–H and O–H groups in total. The Morgan fingerprint density at radius 3 is 3.27 bits per heavy atom. The Bertz CT molecular complexity index is 290. The van der Waals surface area contributed by atoms with Crippen molar-refractivity contribution in [1.82, 2.24) is 15.8 Å². The third-order valence-corrected chi connectivity index (χ3v) is 2.82. The molecule has 1 fully saturated rings. The van der Waals surface area contributed by atoms with Crippen molar-refractivity contribution in [2.45, 2.75) is 38.8 Å². The number of hydrogen-bond donors (Lipinski definition) is 2. The Labute approximate surface area is 90.4 Å². The molecule has 1 unspecified atom stereocenters. The molecule has 0 amide bonds. The van der Waals surface area contributed by atoms with Gasteiger partial charge in [-0.3, -0.25) is 0 Å². The minimum atomic E-state index is 0.622. The molecule has 4 heteroatoms. The van der Waals surface area contributed by atoms with Crippen LogP contribution in [0.4, 0.5) is 0 Å². The first-order chi connectivity index (χ1) is 7.34. The molecular formula is C11H19N3O. The SMILES string of the molecule is Cc1cc(CNC2CCCNCC2)no1. The van der Waals surface area contributed by atoms with Gasteiger partial charge in [0.05, 0.1) is 5.69 Å². The van der Waals surface area contributed by atoms with Crippen LogP contribution < -0.4 is 10.6 Å². The van der Waals surface area contributed by atoms with Crippen molar-refractivity contribution < 1.29 is 4.52 Å². The first-order valence-corrected chi connectivity index (χ1v) is 5.71. The third-order valence-electron chi connectivity index (χ3n) is 2.82. The maximum absolute atomic E-state index is 5.03. The minimum absolute atomic E-state index is 0.622. The monoisotopic (exact) mass is 209 g/mol. The van der Waals surface area contributed by atoms with Gasteiger partial charge in [-0.2, -0.15) is 0 Å². The normalized spacial score (nSPS) is 22.6. The molecule has 15 heavy (non-hydrogen) atoms. The Morgan fingerprint density at radius 1 is 1.53 bits per heavy atom.